The summed E-state index contributed by atoms with van der Waals surface area (Å²) in [5, 5.41) is 13.6. The van der Waals surface area contributed by atoms with E-state index in [9.17, 15) is 5.26 Å². The monoisotopic (exact) mass is 267 g/mol. The lowest BCUT2D eigenvalue weighted by Crippen LogP contribution is -2.38. The minimum atomic E-state index is 0.377. The molecule has 4 heteroatoms. The Morgan fingerprint density at radius 3 is 3.05 bits per heavy atom. The number of para-hydroxylation sites is 1. The van der Waals surface area contributed by atoms with Crippen molar-refractivity contribution < 1.29 is 4.74 Å². The third-order valence-corrected chi connectivity index (χ3v) is 3.69. The molecule has 1 aliphatic rings. The average Bonchev–Trinajstić information content (AvgIpc) is 2.53. The molecule has 0 radical (unpaired) electrons. The van der Waals surface area contributed by atoms with E-state index in [-0.39, 0.29) is 0 Å². The molecule has 0 amide bonds. The number of rotatable bonds is 3. The lowest BCUT2D eigenvalue weighted by Gasteiger charge is -2.24. The lowest BCUT2D eigenvalue weighted by atomic mass is 10.1. The van der Waals surface area contributed by atoms with E-state index in [0.717, 1.165) is 23.9 Å². The molecule has 1 atom stereocenters. The van der Waals surface area contributed by atoms with Crippen LogP contribution >= 0.6 is 0 Å². The van der Waals surface area contributed by atoms with Gasteiger partial charge in [-0.05, 0) is 31.5 Å². The van der Waals surface area contributed by atoms with Crippen LogP contribution in [0.2, 0.25) is 0 Å². The maximum Gasteiger partial charge on any atom is 0.148 e. The normalized spacial score (nSPS) is 18.6. The van der Waals surface area contributed by atoms with Gasteiger partial charge in [-0.25, -0.2) is 0 Å². The van der Waals surface area contributed by atoms with Crippen LogP contribution in [0.15, 0.2) is 30.5 Å². The van der Waals surface area contributed by atoms with Gasteiger partial charge in [0, 0.05) is 17.6 Å². The summed E-state index contributed by atoms with van der Waals surface area (Å²) >= 11 is 0. The summed E-state index contributed by atoms with van der Waals surface area (Å²) in [5.41, 5.74) is 1.36. The second-order valence-electron chi connectivity index (χ2n) is 5.09. The summed E-state index contributed by atoms with van der Waals surface area (Å²) in [6.45, 7) is 1.65. The van der Waals surface area contributed by atoms with Gasteiger partial charge in [-0.1, -0.05) is 18.6 Å². The molecule has 1 aromatic carbocycles. The molecule has 1 fully saturated rings. The largest absolute Gasteiger partial charge is 0.490 e. The highest BCUT2D eigenvalue weighted by molar-refractivity contribution is 5.87. The van der Waals surface area contributed by atoms with Crippen LogP contribution in [0.1, 0.15) is 24.8 Å². The minimum Gasteiger partial charge on any atom is -0.490 e. The molecular formula is C16H17N3O. The van der Waals surface area contributed by atoms with Crippen LogP contribution in [0.3, 0.4) is 0 Å². The highest BCUT2D eigenvalue weighted by atomic mass is 16.5. The second-order valence-corrected chi connectivity index (χ2v) is 5.09. The fourth-order valence-electron chi connectivity index (χ4n) is 2.60. The Morgan fingerprint density at radius 2 is 2.25 bits per heavy atom. The summed E-state index contributed by atoms with van der Waals surface area (Å²) in [5.74, 6) is 0.658. The fraction of sp³-hybridized carbons (Fsp3) is 0.375. The van der Waals surface area contributed by atoms with Crippen LogP contribution < -0.4 is 10.1 Å². The molecule has 0 bridgehead atoms. The zero-order valence-corrected chi connectivity index (χ0v) is 11.3. The number of ether oxygens (including phenoxy) is 1. The molecule has 1 N–H and O–H groups in total. The molecule has 102 valence electrons. The van der Waals surface area contributed by atoms with Crippen molar-refractivity contribution in [2.24, 2.45) is 0 Å². The van der Waals surface area contributed by atoms with Crippen molar-refractivity contribution in [1.82, 2.24) is 10.3 Å². The molecule has 4 nitrogen and oxygen atoms in total. The van der Waals surface area contributed by atoms with Crippen molar-refractivity contribution in [2.45, 2.75) is 25.3 Å². The average molecular weight is 267 g/mol. The van der Waals surface area contributed by atoms with Crippen molar-refractivity contribution >= 4 is 10.9 Å². The molecule has 20 heavy (non-hydrogen) atoms. The van der Waals surface area contributed by atoms with Gasteiger partial charge in [-0.3, -0.25) is 4.98 Å². The number of benzene rings is 1. The maximum absolute atomic E-state index is 9.23. The van der Waals surface area contributed by atoms with Gasteiger partial charge in [-0.2, -0.15) is 5.26 Å². The predicted molar refractivity (Wildman–Crippen MR) is 77.6 cm³/mol. The van der Waals surface area contributed by atoms with Crippen LogP contribution in [0, 0.1) is 11.3 Å². The molecule has 1 aliphatic heterocycles. The first-order valence-electron chi connectivity index (χ1n) is 7.02. The van der Waals surface area contributed by atoms with E-state index in [2.05, 4.69) is 16.4 Å². The standard InChI is InChI=1S/C16H17N3O/c17-9-12-10-19-15-7-2-1-6-14(15)16(12)20-11-13-5-3-4-8-18-13/h1-2,6-7,10,13,18H,3-5,8,11H2. The summed E-state index contributed by atoms with van der Waals surface area (Å²) < 4.78 is 5.96. The molecule has 2 heterocycles. The number of fused-ring (bicyclic) bond motifs is 1. The molecule has 3 rings (SSSR count). The van der Waals surface area contributed by atoms with Gasteiger partial charge in [0.05, 0.1) is 5.52 Å². The third kappa shape index (κ3) is 2.59. The molecule has 1 aromatic heterocycles. The van der Waals surface area contributed by atoms with Crippen LogP contribution in [0.4, 0.5) is 0 Å². The Morgan fingerprint density at radius 1 is 1.35 bits per heavy atom. The number of hydrogen-bond donors (Lipinski definition) is 1. The van der Waals surface area contributed by atoms with Gasteiger partial charge >= 0.3 is 0 Å². The predicted octanol–water partition coefficient (Wildman–Crippen LogP) is 2.63. The van der Waals surface area contributed by atoms with Gasteiger partial charge in [-0.15, -0.1) is 0 Å². The lowest BCUT2D eigenvalue weighted by molar-refractivity contribution is 0.240. The van der Waals surface area contributed by atoms with Crippen molar-refractivity contribution in [3.05, 3.63) is 36.0 Å². The SMILES string of the molecule is N#Cc1cnc2ccccc2c1OCC1CCCCN1. The van der Waals surface area contributed by atoms with Crippen LogP contribution in [-0.2, 0) is 0 Å². The smallest absolute Gasteiger partial charge is 0.148 e. The first-order valence-corrected chi connectivity index (χ1v) is 7.02. The molecule has 0 saturated carbocycles. The molecule has 1 unspecified atom stereocenters. The van der Waals surface area contributed by atoms with Crippen LogP contribution in [-0.4, -0.2) is 24.2 Å². The number of hydrogen-bond acceptors (Lipinski definition) is 4. The van der Waals surface area contributed by atoms with Gasteiger partial charge in [0.15, 0.2) is 0 Å². The maximum atomic E-state index is 9.23. The van der Waals surface area contributed by atoms with Crippen molar-refractivity contribution in [3.8, 4) is 11.8 Å². The van der Waals surface area contributed by atoms with E-state index in [4.69, 9.17) is 4.74 Å². The summed E-state index contributed by atoms with van der Waals surface area (Å²) in [4.78, 5) is 4.29. The Balaban J connectivity index is 1.87. The zero-order chi connectivity index (χ0) is 13.8. The number of nitriles is 1. The van der Waals surface area contributed by atoms with Crippen LogP contribution in [0.5, 0.6) is 5.75 Å². The summed E-state index contributed by atoms with van der Waals surface area (Å²) in [7, 11) is 0. The topological polar surface area (TPSA) is 57.9 Å². The number of pyridine rings is 1. The summed E-state index contributed by atoms with van der Waals surface area (Å²) in [6, 6.07) is 10.3. The van der Waals surface area contributed by atoms with Crippen molar-refractivity contribution in [3.63, 3.8) is 0 Å². The van der Waals surface area contributed by atoms with E-state index in [1.165, 1.54) is 12.8 Å². The van der Waals surface area contributed by atoms with Crippen LogP contribution in [0.25, 0.3) is 10.9 Å². The van der Waals surface area contributed by atoms with Crippen molar-refractivity contribution in [2.75, 3.05) is 13.2 Å². The van der Waals surface area contributed by atoms with E-state index in [0.29, 0.717) is 24.0 Å². The Kier molecular flexibility index (Phi) is 3.80. The molecule has 0 aliphatic carbocycles. The quantitative estimate of drug-likeness (QED) is 0.928. The first-order chi connectivity index (χ1) is 9.88. The van der Waals surface area contributed by atoms with E-state index < -0.39 is 0 Å². The number of nitrogens with zero attached hydrogens (tertiary/aromatic N) is 2. The molecule has 1 saturated heterocycles. The first kappa shape index (κ1) is 12.9. The molecule has 0 spiro atoms. The molecule has 2 aromatic rings. The van der Waals surface area contributed by atoms with E-state index >= 15 is 0 Å². The minimum absolute atomic E-state index is 0.377. The van der Waals surface area contributed by atoms with E-state index in [1.807, 2.05) is 24.3 Å². The Labute approximate surface area is 118 Å². The number of aromatic nitrogens is 1. The van der Waals surface area contributed by atoms with Gasteiger partial charge in [0.2, 0.25) is 0 Å². The number of piperidine rings is 1. The van der Waals surface area contributed by atoms with E-state index in [1.54, 1.807) is 6.20 Å². The summed E-state index contributed by atoms with van der Waals surface area (Å²) in [6.07, 6.45) is 5.19. The highest BCUT2D eigenvalue weighted by Crippen LogP contribution is 2.28. The van der Waals surface area contributed by atoms with Crippen molar-refractivity contribution in [1.29, 1.82) is 5.26 Å². The fourth-order valence-corrected chi connectivity index (χ4v) is 2.60. The highest BCUT2D eigenvalue weighted by Gasteiger charge is 2.15. The van der Waals surface area contributed by atoms with Gasteiger partial charge in [0.25, 0.3) is 0 Å². The zero-order valence-electron chi connectivity index (χ0n) is 11.3. The second kappa shape index (κ2) is 5.89. The Bertz CT molecular complexity index is 642. The third-order valence-electron chi connectivity index (χ3n) is 3.69. The number of nitrogens with one attached hydrogen (secondary N) is 1. The van der Waals surface area contributed by atoms with Gasteiger partial charge < -0.3 is 10.1 Å². The Hall–Kier alpha value is -2.12. The van der Waals surface area contributed by atoms with Gasteiger partial charge in [0.1, 0.15) is 24.0 Å². The molecular weight excluding hydrogens is 250 g/mol.